The third-order valence-corrected chi connectivity index (χ3v) is 3.60. The normalized spacial score (nSPS) is 40.7. The summed E-state index contributed by atoms with van der Waals surface area (Å²) in [6.07, 6.45) is 1.28. The van der Waals surface area contributed by atoms with E-state index in [1.807, 2.05) is 6.92 Å². The second-order valence-corrected chi connectivity index (χ2v) is 4.59. The van der Waals surface area contributed by atoms with Gasteiger partial charge in [0.05, 0.1) is 5.92 Å². The summed E-state index contributed by atoms with van der Waals surface area (Å²) in [6.45, 7) is 6.50. The van der Waals surface area contributed by atoms with Crippen LogP contribution in [0.1, 0.15) is 31.0 Å². The molecule has 0 amide bonds. The monoisotopic (exact) mass is 193 g/mol. The van der Waals surface area contributed by atoms with Crippen LogP contribution in [-0.4, -0.2) is 34.2 Å². The maximum absolute atomic E-state index is 5.25. The Bertz CT molecular complexity index is 347. The lowest BCUT2D eigenvalue weighted by Crippen LogP contribution is -2.30. The molecule has 4 atom stereocenters. The highest BCUT2D eigenvalue weighted by Gasteiger charge is 2.45. The first-order chi connectivity index (χ1) is 6.74. The maximum atomic E-state index is 5.25. The van der Waals surface area contributed by atoms with Gasteiger partial charge in [-0.05, 0) is 26.2 Å². The quantitative estimate of drug-likeness (QED) is 0.671. The molecule has 0 spiro atoms. The third kappa shape index (κ3) is 1.10. The summed E-state index contributed by atoms with van der Waals surface area (Å²) in [5.74, 6) is 2.84. The second-order valence-electron chi connectivity index (χ2n) is 4.59. The van der Waals surface area contributed by atoms with Crippen LogP contribution in [0.3, 0.4) is 0 Å². The fourth-order valence-corrected chi connectivity index (χ4v) is 2.83. The standard InChI is InChI=1S/C10H15N3O/c1-6-3-8-4-13(6)5-9(8)10-11-7(2)12-14-10/h6,8-9H,3-5H2,1-2H3. The van der Waals surface area contributed by atoms with Crippen LogP contribution in [0.4, 0.5) is 0 Å². The van der Waals surface area contributed by atoms with Gasteiger partial charge in [-0.2, -0.15) is 4.98 Å². The van der Waals surface area contributed by atoms with Crippen molar-refractivity contribution in [1.82, 2.24) is 15.0 Å². The fraction of sp³-hybridized carbons (Fsp3) is 0.800. The first-order valence-corrected chi connectivity index (χ1v) is 5.28. The van der Waals surface area contributed by atoms with Crippen LogP contribution in [0.5, 0.6) is 0 Å². The van der Waals surface area contributed by atoms with Crippen molar-refractivity contribution in [2.24, 2.45) is 5.92 Å². The number of hydrogen-bond donors (Lipinski definition) is 0. The van der Waals surface area contributed by atoms with E-state index in [1.54, 1.807) is 0 Å². The molecule has 2 saturated heterocycles. The SMILES string of the molecule is Cc1noc(C2CN3CC2CC3C)n1. The smallest absolute Gasteiger partial charge is 0.231 e. The van der Waals surface area contributed by atoms with Crippen molar-refractivity contribution in [1.29, 1.82) is 0 Å². The molecule has 4 nitrogen and oxygen atoms in total. The molecule has 3 heterocycles. The number of rotatable bonds is 1. The number of nitrogens with zero attached hydrogens (tertiary/aromatic N) is 3. The molecule has 2 aliphatic rings. The summed E-state index contributed by atoms with van der Waals surface area (Å²) in [5.41, 5.74) is 0. The van der Waals surface area contributed by atoms with Gasteiger partial charge < -0.3 is 4.52 Å². The van der Waals surface area contributed by atoms with Crippen molar-refractivity contribution in [2.45, 2.75) is 32.2 Å². The molecule has 76 valence electrons. The fourth-order valence-electron chi connectivity index (χ4n) is 2.83. The summed E-state index contributed by atoms with van der Waals surface area (Å²) < 4.78 is 5.25. The van der Waals surface area contributed by atoms with E-state index in [4.69, 9.17) is 4.52 Å². The van der Waals surface area contributed by atoms with E-state index in [0.717, 1.165) is 30.2 Å². The van der Waals surface area contributed by atoms with Crippen molar-refractivity contribution in [3.63, 3.8) is 0 Å². The van der Waals surface area contributed by atoms with Gasteiger partial charge in [-0.15, -0.1) is 0 Å². The van der Waals surface area contributed by atoms with E-state index in [-0.39, 0.29) is 0 Å². The van der Waals surface area contributed by atoms with Gasteiger partial charge in [-0.3, -0.25) is 4.90 Å². The van der Waals surface area contributed by atoms with Gasteiger partial charge in [0.25, 0.3) is 0 Å². The predicted molar refractivity (Wildman–Crippen MR) is 50.9 cm³/mol. The number of aromatic nitrogens is 2. The van der Waals surface area contributed by atoms with Crippen LogP contribution in [-0.2, 0) is 0 Å². The second kappa shape index (κ2) is 2.79. The van der Waals surface area contributed by atoms with Gasteiger partial charge in [-0.25, -0.2) is 0 Å². The molecule has 1 aromatic rings. The number of piperidine rings is 1. The van der Waals surface area contributed by atoms with Gasteiger partial charge >= 0.3 is 0 Å². The van der Waals surface area contributed by atoms with Crippen molar-refractivity contribution in [3.8, 4) is 0 Å². The number of aryl methyl sites for hydroxylation is 1. The highest BCUT2D eigenvalue weighted by molar-refractivity contribution is 5.07. The first kappa shape index (κ1) is 8.41. The molecule has 14 heavy (non-hydrogen) atoms. The maximum Gasteiger partial charge on any atom is 0.231 e. The molecule has 0 N–H and O–H groups in total. The molecule has 0 aromatic carbocycles. The molecule has 0 radical (unpaired) electrons. The van der Waals surface area contributed by atoms with E-state index in [2.05, 4.69) is 22.0 Å². The van der Waals surface area contributed by atoms with Gasteiger partial charge in [0.1, 0.15) is 0 Å². The van der Waals surface area contributed by atoms with Crippen LogP contribution in [0.15, 0.2) is 4.52 Å². The third-order valence-electron chi connectivity index (χ3n) is 3.60. The molecule has 3 rings (SSSR count). The van der Waals surface area contributed by atoms with E-state index in [0.29, 0.717) is 5.92 Å². The van der Waals surface area contributed by atoms with Crippen molar-refractivity contribution in [2.75, 3.05) is 13.1 Å². The minimum Gasteiger partial charge on any atom is -0.339 e. The average molecular weight is 193 g/mol. The lowest BCUT2D eigenvalue weighted by Gasteiger charge is -2.24. The number of hydrogen-bond acceptors (Lipinski definition) is 4. The van der Waals surface area contributed by atoms with E-state index >= 15 is 0 Å². The molecule has 0 saturated carbocycles. The van der Waals surface area contributed by atoms with Gasteiger partial charge in [0, 0.05) is 19.1 Å². The summed E-state index contributed by atoms with van der Waals surface area (Å²) in [7, 11) is 0. The van der Waals surface area contributed by atoms with E-state index in [9.17, 15) is 0 Å². The van der Waals surface area contributed by atoms with E-state index < -0.39 is 0 Å². The molecule has 4 unspecified atom stereocenters. The molecule has 0 aliphatic carbocycles. The zero-order chi connectivity index (χ0) is 9.71. The highest BCUT2D eigenvalue weighted by Crippen LogP contribution is 2.41. The largest absolute Gasteiger partial charge is 0.339 e. The Kier molecular flexibility index (Phi) is 1.68. The van der Waals surface area contributed by atoms with Crippen molar-refractivity contribution in [3.05, 3.63) is 11.7 Å². The molecule has 1 aromatic heterocycles. The summed E-state index contributed by atoms with van der Waals surface area (Å²) in [4.78, 5) is 6.85. The molecule has 2 aliphatic heterocycles. The Labute approximate surface area is 83.3 Å². The zero-order valence-corrected chi connectivity index (χ0v) is 8.60. The Hall–Kier alpha value is -0.900. The molecular formula is C10H15N3O. The lowest BCUT2D eigenvalue weighted by molar-refractivity contribution is 0.238. The topological polar surface area (TPSA) is 42.2 Å². The minimum atomic E-state index is 0.493. The Morgan fingerprint density at radius 2 is 2.29 bits per heavy atom. The van der Waals surface area contributed by atoms with Crippen LogP contribution < -0.4 is 0 Å². The van der Waals surface area contributed by atoms with Crippen LogP contribution >= 0.6 is 0 Å². The predicted octanol–water partition coefficient (Wildman–Crippen LogP) is 1.19. The van der Waals surface area contributed by atoms with Gasteiger partial charge in [0.2, 0.25) is 5.89 Å². The molecule has 2 bridgehead atoms. The average Bonchev–Trinajstić information content (AvgIpc) is 2.77. The van der Waals surface area contributed by atoms with Gasteiger partial charge in [-0.1, -0.05) is 5.16 Å². The van der Waals surface area contributed by atoms with E-state index in [1.165, 1.54) is 13.0 Å². The van der Waals surface area contributed by atoms with Crippen molar-refractivity contribution < 1.29 is 4.52 Å². The lowest BCUT2D eigenvalue weighted by atomic mass is 9.90. The highest BCUT2D eigenvalue weighted by atomic mass is 16.5. The van der Waals surface area contributed by atoms with Crippen molar-refractivity contribution >= 4 is 0 Å². The Morgan fingerprint density at radius 3 is 2.79 bits per heavy atom. The Morgan fingerprint density at radius 1 is 1.43 bits per heavy atom. The summed E-state index contributed by atoms with van der Waals surface area (Å²) in [5, 5.41) is 3.86. The van der Waals surface area contributed by atoms with Gasteiger partial charge in [0.15, 0.2) is 5.82 Å². The molecule has 2 fully saturated rings. The summed E-state index contributed by atoms with van der Waals surface area (Å²) >= 11 is 0. The molecule has 4 heteroatoms. The zero-order valence-electron chi connectivity index (χ0n) is 8.60. The van der Waals surface area contributed by atoms with Crippen LogP contribution in [0.25, 0.3) is 0 Å². The van der Waals surface area contributed by atoms with Crippen LogP contribution in [0, 0.1) is 12.8 Å². The summed E-state index contributed by atoms with van der Waals surface area (Å²) in [6, 6.07) is 0.750. The number of fused-ring (bicyclic) bond motifs is 2. The minimum absolute atomic E-state index is 0.493. The molecular weight excluding hydrogens is 178 g/mol. The Balaban J connectivity index is 1.83. The first-order valence-electron chi connectivity index (χ1n) is 5.28. The van der Waals surface area contributed by atoms with Crippen LogP contribution in [0.2, 0.25) is 0 Å².